The van der Waals surface area contributed by atoms with Crippen LogP contribution in [0.3, 0.4) is 0 Å². The standard InChI is InChI=1S/C28H39FN6O3/c1-27(2,3)33-24(36)20-8-6-7-19(15-20)17-34-11-13-35(14-12-34)25(37)21-9-10-23(22(29)16-21)32-26(38)31-18-28(4,5)30/h6-10,15-16H,11-14,17-18,30H2,1-5H3,(H,33,36)(H2,31,32,38). The molecule has 2 aromatic carbocycles. The van der Waals surface area contributed by atoms with Crippen molar-refractivity contribution < 1.29 is 18.8 Å². The lowest BCUT2D eigenvalue weighted by Crippen LogP contribution is -2.48. The smallest absolute Gasteiger partial charge is 0.319 e. The molecule has 0 aliphatic carbocycles. The molecular weight excluding hydrogens is 487 g/mol. The predicted molar refractivity (Wildman–Crippen MR) is 147 cm³/mol. The number of nitrogens with zero attached hydrogens (tertiary/aromatic N) is 2. The highest BCUT2D eigenvalue weighted by molar-refractivity contribution is 5.96. The quantitative estimate of drug-likeness (QED) is 0.442. The Morgan fingerprint density at radius 3 is 2.24 bits per heavy atom. The van der Waals surface area contributed by atoms with Crippen LogP contribution in [0.25, 0.3) is 0 Å². The number of halogens is 1. The molecule has 0 saturated carbocycles. The van der Waals surface area contributed by atoms with Crippen molar-refractivity contribution in [1.82, 2.24) is 20.4 Å². The number of nitrogens with two attached hydrogens (primary N) is 1. The van der Waals surface area contributed by atoms with Crippen molar-refractivity contribution >= 4 is 23.5 Å². The van der Waals surface area contributed by atoms with Crippen molar-refractivity contribution in [3.63, 3.8) is 0 Å². The molecule has 0 aromatic heterocycles. The van der Waals surface area contributed by atoms with Crippen LogP contribution in [0.5, 0.6) is 0 Å². The van der Waals surface area contributed by atoms with E-state index < -0.39 is 17.4 Å². The molecule has 1 saturated heterocycles. The molecule has 0 atom stereocenters. The third kappa shape index (κ3) is 8.81. The summed E-state index contributed by atoms with van der Waals surface area (Å²) in [5.74, 6) is -1.05. The van der Waals surface area contributed by atoms with Crippen LogP contribution in [0, 0.1) is 5.82 Å². The maximum atomic E-state index is 14.6. The van der Waals surface area contributed by atoms with Crippen LogP contribution >= 0.6 is 0 Å². The Labute approximate surface area is 223 Å². The highest BCUT2D eigenvalue weighted by Gasteiger charge is 2.24. The number of nitrogens with one attached hydrogen (secondary N) is 3. The van der Waals surface area contributed by atoms with Gasteiger partial charge in [0, 0.05) is 61.5 Å². The number of rotatable bonds is 7. The molecule has 0 bridgehead atoms. The fraction of sp³-hybridized carbons (Fsp3) is 0.464. The summed E-state index contributed by atoms with van der Waals surface area (Å²) in [7, 11) is 0. The average molecular weight is 527 g/mol. The van der Waals surface area contributed by atoms with E-state index >= 15 is 0 Å². The second-order valence-corrected chi connectivity index (χ2v) is 11.5. The lowest BCUT2D eigenvalue weighted by Gasteiger charge is -2.35. The predicted octanol–water partition coefficient (Wildman–Crippen LogP) is 3.17. The number of anilines is 1. The first-order valence-corrected chi connectivity index (χ1v) is 12.8. The molecule has 4 amide bonds. The van der Waals surface area contributed by atoms with Gasteiger partial charge in [0.25, 0.3) is 11.8 Å². The monoisotopic (exact) mass is 526 g/mol. The van der Waals surface area contributed by atoms with Gasteiger partial charge in [-0.25, -0.2) is 9.18 Å². The number of carbonyl (C=O) groups is 3. The fourth-order valence-electron chi connectivity index (χ4n) is 4.00. The van der Waals surface area contributed by atoms with Crippen molar-refractivity contribution in [2.24, 2.45) is 5.73 Å². The average Bonchev–Trinajstić information content (AvgIpc) is 2.83. The normalized spacial score (nSPS) is 14.7. The summed E-state index contributed by atoms with van der Waals surface area (Å²) < 4.78 is 14.6. The lowest BCUT2D eigenvalue weighted by molar-refractivity contribution is 0.0627. The molecule has 206 valence electrons. The van der Waals surface area contributed by atoms with Gasteiger partial charge in [0.05, 0.1) is 5.69 Å². The van der Waals surface area contributed by atoms with Crippen LogP contribution < -0.4 is 21.7 Å². The summed E-state index contributed by atoms with van der Waals surface area (Å²) in [5.41, 5.74) is 6.78. The van der Waals surface area contributed by atoms with Crippen molar-refractivity contribution in [1.29, 1.82) is 0 Å². The zero-order chi connectivity index (χ0) is 28.1. The number of hydrogen-bond acceptors (Lipinski definition) is 5. The molecule has 0 unspecified atom stereocenters. The molecule has 38 heavy (non-hydrogen) atoms. The van der Waals surface area contributed by atoms with E-state index in [0.717, 1.165) is 11.6 Å². The molecule has 9 nitrogen and oxygen atoms in total. The van der Waals surface area contributed by atoms with Crippen molar-refractivity contribution in [2.75, 3.05) is 38.0 Å². The zero-order valence-electron chi connectivity index (χ0n) is 22.9. The van der Waals surface area contributed by atoms with Crippen molar-refractivity contribution in [3.8, 4) is 0 Å². The Kier molecular flexibility index (Phi) is 9.11. The van der Waals surface area contributed by atoms with Gasteiger partial charge in [-0.1, -0.05) is 12.1 Å². The van der Waals surface area contributed by atoms with Crippen LogP contribution in [-0.2, 0) is 6.54 Å². The van der Waals surface area contributed by atoms with Gasteiger partial charge >= 0.3 is 6.03 Å². The maximum Gasteiger partial charge on any atom is 0.319 e. The summed E-state index contributed by atoms with van der Waals surface area (Å²) in [4.78, 5) is 41.4. The molecule has 2 aromatic rings. The van der Waals surface area contributed by atoms with E-state index in [-0.39, 0.29) is 35.1 Å². The van der Waals surface area contributed by atoms with Gasteiger partial charge < -0.3 is 26.6 Å². The molecule has 0 spiro atoms. The van der Waals surface area contributed by atoms with E-state index in [9.17, 15) is 18.8 Å². The molecule has 1 heterocycles. The highest BCUT2D eigenvalue weighted by atomic mass is 19.1. The van der Waals surface area contributed by atoms with Gasteiger partial charge in [-0.15, -0.1) is 0 Å². The maximum absolute atomic E-state index is 14.6. The van der Waals surface area contributed by atoms with E-state index in [0.29, 0.717) is 38.3 Å². The number of benzene rings is 2. The largest absolute Gasteiger partial charge is 0.347 e. The summed E-state index contributed by atoms with van der Waals surface area (Å²) in [5, 5.41) is 8.00. The minimum absolute atomic E-state index is 0.0166. The summed E-state index contributed by atoms with van der Waals surface area (Å²) in [6.45, 7) is 12.6. The first kappa shape index (κ1) is 29.1. The molecule has 10 heteroatoms. The Hall–Kier alpha value is -3.50. The van der Waals surface area contributed by atoms with E-state index in [1.165, 1.54) is 12.1 Å². The topological polar surface area (TPSA) is 120 Å². The van der Waals surface area contributed by atoms with Gasteiger partial charge in [0.1, 0.15) is 5.82 Å². The van der Waals surface area contributed by atoms with E-state index in [4.69, 9.17) is 5.73 Å². The van der Waals surface area contributed by atoms with E-state index in [1.54, 1.807) is 24.8 Å². The minimum atomic E-state index is -0.688. The number of urea groups is 1. The minimum Gasteiger partial charge on any atom is -0.347 e. The molecule has 1 aliphatic heterocycles. The van der Waals surface area contributed by atoms with Gasteiger partial charge in [-0.05, 0) is 70.5 Å². The number of hydrogen-bond donors (Lipinski definition) is 4. The van der Waals surface area contributed by atoms with Crippen LogP contribution in [0.15, 0.2) is 42.5 Å². The van der Waals surface area contributed by atoms with Crippen molar-refractivity contribution in [2.45, 2.75) is 52.2 Å². The van der Waals surface area contributed by atoms with Crippen LogP contribution in [-0.4, -0.2) is 71.4 Å². The fourth-order valence-corrected chi connectivity index (χ4v) is 4.00. The Balaban J connectivity index is 1.53. The Bertz CT molecular complexity index is 1160. The molecule has 5 N–H and O–H groups in total. The first-order valence-electron chi connectivity index (χ1n) is 12.8. The van der Waals surface area contributed by atoms with Gasteiger partial charge in [-0.2, -0.15) is 0 Å². The first-order chi connectivity index (χ1) is 17.7. The summed E-state index contributed by atoms with van der Waals surface area (Å²) in [6, 6.07) is 11.0. The third-order valence-corrected chi connectivity index (χ3v) is 5.91. The molecule has 1 aliphatic rings. The Morgan fingerprint density at radius 2 is 1.63 bits per heavy atom. The zero-order valence-corrected chi connectivity index (χ0v) is 22.9. The summed E-state index contributed by atoms with van der Waals surface area (Å²) in [6.07, 6.45) is 0. The molecule has 1 fully saturated rings. The van der Waals surface area contributed by atoms with Gasteiger partial charge in [-0.3, -0.25) is 14.5 Å². The van der Waals surface area contributed by atoms with Gasteiger partial charge in [0.2, 0.25) is 0 Å². The van der Waals surface area contributed by atoms with Crippen LogP contribution in [0.4, 0.5) is 14.9 Å². The number of carbonyl (C=O) groups excluding carboxylic acids is 3. The van der Waals surface area contributed by atoms with E-state index in [1.807, 2.05) is 39.0 Å². The number of piperazine rings is 1. The van der Waals surface area contributed by atoms with E-state index in [2.05, 4.69) is 20.9 Å². The molecule has 3 rings (SSSR count). The van der Waals surface area contributed by atoms with Crippen LogP contribution in [0.2, 0.25) is 0 Å². The third-order valence-electron chi connectivity index (χ3n) is 5.91. The summed E-state index contributed by atoms with van der Waals surface area (Å²) >= 11 is 0. The number of amides is 4. The second-order valence-electron chi connectivity index (χ2n) is 11.5. The van der Waals surface area contributed by atoms with Crippen LogP contribution in [0.1, 0.15) is 60.9 Å². The molecule has 0 radical (unpaired) electrons. The second kappa shape index (κ2) is 11.9. The van der Waals surface area contributed by atoms with Gasteiger partial charge in [0.15, 0.2) is 0 Å². The molecular formula is C28H39FN6O3. The lowest BCUT2D eigenvalue weighted by atomic mass is 10.1. The van der Waals surface area contributed by atoms with Crippen molar-refractivity contribution in [3.05, 3.63) is 65.0 Å². The highest BCUT2D eigenvalue weighted by Crippen LogP contribution is 2.19. The SMILES string of the molecule is CC(C)(N)CNC(=O)Nc1ccc(C(=O)N2CCN(Cc3cccc(C(=O)NC(C)(C)C)c3)CC2)cc1F. The Morgan fingerprint density at radius 1 is 0.947 bits per heavy atom.